The average molecular weight is 366 g/mol. The van der Waals surface area contributed by atoms with Crippen molar-refractivity contribution in [3.8, 4) is 17.0 Å². The van der Waals surface area contributed by atoms with Crippen LogP contribution in [-0.2, 0) is 0 Å². The maximum atomic E-state index is 13.8. The zero-order valence-electron chi connectivity index (χ0n) is 14.7. The fraction of sp³-hybridized carbons (Fsp3) is 0.100. The summed E-state index contributed by atoms with van der Waals surface area (Å²) in [6.07, 6.45) is 0. The molecular formula is C20H16F2N4O. The van der Waals surface area contributed by atoms with E-state index in [9.17, 15) is 8.78 Å². The van der Waals surface area contributed by atoms with E-state index in [1.807, 2.05) is 31.2 Å². The van der Waals surface area contributed by atoms with Gasteiger partial charge in [0.2, 0.25) is 0 Å². The molecule has 0 radical (unpaired) electrons. The Labute approximate surface area is 154 Å². The summed E-state index contributed by atoms with van der Waals surface area (Å²) in [4.78, 5) is 4.61. The molecule has 5 nitrogen and oxygen atoms in total. The number of halogens is 2. The molecule has 27 heavy (non-hydrogen) atoms. The zero-order valence-corrected chi connectivity index (χ0v) is 14.7. The van der Waals surface area contributed by atoms with Crippen LogP contribution in [0.4, 0.5) is 20.4 Å². The Bertz CT molecular complexity index is 1140. The van der Waals surface area contributed by atoms with Crippen LogP contribution in [0.5, 0.6) is 5.75 Å². The first-order chi connectivity index (χ1) is 13.0. The Morgan fingerprint density at radius 3 is 2.52 bits per heavy atom. The second-order valence-electron chi connectivity index (χ2n) is 6.13. The Balaban J connectivity index is 1.90. The lowest BCUT2D eigenvalue weighted by Crippen LogP contribution is -1.97. The number of nitrogens with one attached hydrogen (secondary N) is 2. The van der Waals surface area contributed by atoms with Crippen LogP contribution in [-0.4, -0.2) is 22.3 Å². The summed E-state index contributed by atoms with van der Waals surface area (Å²) >= 11 is 0. The first-order valence-corrected chi connectivity index (χ1v) is 8.27. The highest BCUT2D eigenvalue weighted by Gasteiger charge is 2.13. The van der Waals surface area contributed by atoms with Crippen LogP contribution in [0.15, 0.2) is 48.5 Å². The van der Waals surface area contributed by atoms with Gasteiger partial charge in [0.05, 0.1) is 12.8 Å². The smallest absolute Gasteiger partial charge is 0.159 e. The minimum Gasteiger partial charge on any atom is -0.497 e. The van der Waals surface area contributed by atoms with Crippen molar-refractivity contribution in [2.75, 3.05) is 12.4 Å². The number of methoxy groups -OCH3 is 1. The summed E-state index contributed by atoms with van der Waals surface area (Å²) in [6, 6.07) is 13.0. The van der Waals surface area contributed by atoms with Crippen molar-refractivity contribution in [3.05, 3.63) is 65.9 Å². The number of benzene rings is 2. The molecule has 0 unspecified atom stereocenters. The number of ether oxygens (including phenoxy) is 1. The number of H-pyrrole nitrogens is 1. The Morgan fingerprint density at radius 2 is 1.81 bits per heavy atom. The molecule has 0 fully saturated rings. The molecule has 4 rings (SSSR count). The van der Waals surface area contributed by atoms with Crippen molar-refractivity contribution < 1.29 is 13.5 Å². The largest absolute Gasteiger partial charge is 0.497 e. The van der Waals surface area contributed by atoms with Crippen molar-refractivity contribution in [3.63, 3.8) is 0 Å². The van der Waals surface area contributed by atoms with Gasteiger partial charge < -0.3 is 10.1 Å². The van der Waals surface area contributed by atoms with Gasteiger partial charge in [0.25, 0.3) is 0 Å². The number of aromatic amines is 1. The summed E-state index contributed by atoms with van der Waals surface area (Å²) in [6.45, 7) is 1.89. The highest BCUT2D eigenvalue weighted by Crippen LogP contribution is 2.33. The lowest BCUT2D eigenvalue weighted by Gasteiger charge is -2.12. The maximum Gasteiger partial charge on any atom is 0.159 e. The Kier molecular flexibility index (Phi) is 4.19. The van der Waals surface area contributed by atoms with E-state index in [1.165, 1.54) is 6.07 Å². The molecule has 0 spiro atoms. The molecule has 0 aliphatic carbocycles. The number of aromatic nitrogens is 3. The highest BCUT2D eigenvalue weighted by molar-refractivity contribution is 5.97. The highest BCUT2D eigenvalue weighted by atomic mass is 19.2. The summed E-state index contributed by atoms with van der Waals surface area (Å²) in [5.74, 6) is 0.00946. The van der Waals surface area contributed by atoms with Gasteiger partial charge in [-0.3, -0.25) is 5.10 Å². The number of aryl methyl sites for hydroxylation is 1. The van der Waals surface area contributed by atoms with Crippen molar-refractivity contribution in [2.24, 2.45) is 0 Å². The van der Waals surface area contributed by atoms with E-state index in [2.05, 4.69) is 20.5 Å². The topological polar surface area (TPSA) is 62.8 Å². The summed E-state index contributed by atoms with van der Waals surface area (Å²) < 4.78 is 32.4. The van der Waals surface area contributed by atoms with Crippen LogP contribution < -0.4 is 10.1 Å². The van der Waals surface area contributed by atoms with Crippen molar-refractivity contribution in [1.82, 2.24) is 15.2 Å². The normalized spacial score (nSPS) is 11.0. The van der Waals surface area contributed by atoms with E-state index in [-0.39, 0.29) is 0 Å². The zero-order chi connectivity index (χ0) is 19.0. The molecular weight excluding hydrogens is 350 g/mol. The summed E-state index contributed by atoms with van der Waals surface area (Å²) in [7, 11) is 1.59. The number of fused-ring (bicyclic) bond motifs is 1. The molecule has 2 aromatic heterocycles. The molecule has 0 atom stereocenters. The van der Waals surface area contributed by atoms with Gasteiger partial charge in [-0.1, -0.05) is 0 Å². The fourth-order valence-electron chi connectivity index (χ4n) is 2.90. The van der Waals surface area contributed by atoms with Crippen molar-refractivity contribution in [2.45, 2.75) is 6.92 Å². The van der Waals surface area contributed by atoms with Crippen LogP contribution in [0.2, 0.25) is 0 Å². The minimum atomic E-state index is -0.919. The predicted molar refractivity (Wildman–Crippen MR) is 100 cm³/mol. The third-order valence-electron chi connectivity index (χ3n) is 4.19. The monoisotopic (exact) mass is 366 g/mol. The van der Waals surface area contributed by atoms with Gasteiger partial charge in [-0.05, 0) is 54.8 Å². The third kappa shape index (κ3) is 3.31. The molecule has 0 bridgehead atoms. The molecule has 136 valence electrons. The van der Waals surface area contributed by atoms with Gasteiger partial charge in [-0.15, -0.1) is 0 Å². The van der Waals surface area contributed by atoms with Crippen molar-refractivity contribution >= 4 is 22.4 Å². The predicted octanol–water partition coefficient (Wildman–Crippen LogP) is 4.96. The van der Waals surface area contributed by atoms with Crippen LogP contribution in [0.3, 0.4) is 0 Å². The maximum absolute atomic E-state index is 13.8. The molecule has 7 heteroatoms. The summed E-state index contributed by atoms with van der Waals surface area (Å²) in [5.41, 5.74) is 1.91. The van der Waals surface area contributed by atoms with Gasteiger partial charge in [-0.25, -0.2) is 13.8 Å². The van der Waals surface area contributed by atoms with Gasteiger partial charge in [-0.2, -0.15) is 5.10 Å². The minimum absolute atomic E-state index is 0.478. The van der Waals surface area contributed by atoms with E-state index < -0.39 is 11.6 Å². The van der Waals surface area contributed by atoms with Crippen molar-refractivity contribution in [1.29, 1.82) is 0 Å². The van der Waals surface area contributed by atoms with E-state index >= 15 is 0 Å². The first-order valence-electron chi connectivity index (χ1n) is 8.27. The molecule has 0 aliphatic rings. The third-order valence-corrected chi connectivity index (χ3v) is 4.19. The SMILES string of the molecule is COc1ccc2c(-c3ccc(F)c(F)c3)nc(Nc3cc(C)[nH]n3)cc2c1. The van der Waals surface area contributed by atoms with E-state index in [1.54, 1.807) is 13.2 Å². The second-order valence-corrected chi connectivity index (χ2v) is 6.13. The number of hydrogen-bond acceptors (Lipinski definition) is 4. The Hall–Kier alpha value is -3.48. The first kappa shape index (κ1) is 17.0. The van der Waals surface area contributed by atoms with Gasteiger partial charge in [0, 0.05) is 22.7 Å². The molecule has 0 amide bonds. The van der Waals surface area contributed by atoms with Gasteiger partial charge >= 0.3 is 0 Å². The second kappa shape index (κ2) is 6.68. The molecule has 0 saturated carbocycles. The number of nitrogens with zero attached hydrogens (tertiary/aromatic N) is 2. The van der Waals surface area contributed by atoms with Crippen LogP contribution in [0.1, 0.15) is 5.69 Å². The fourth-order valence-corrected chi connectivity index (χ4v) is 2.90. The molecule has 2 N–H and O–H groups in total. The Morgan fingerprint density at radius 1 is 0.963 bits per heavy atom. The quantitative estimate of drug-likeness (QED) is 0.536. The van der Waals surface area contributed by atoms with E-state index in [0.29, 0.717) is 28.6 Å². The standard InChI is InChI=1S/C20H16F2N4O/c1-11-7-19(26-25-11)23-18-10-13-8-14(27-2)4-5-15(13)20(24-18)12-3-6-16(21)17(22)9-12/h3-10H,1-2H3,(H2,23,24,25,26). The molecule has 2 heterocycles. The molecule has 0 aliphatic heterocycles. The average Bonchev–Trinajstić information content (AvgIpc) is 3.07. The van der Waals surface area contributed by atoms with E-state index in [0.717, 1.165) is 28.6 Å². The van der Waals surface area contributed by atoms with Crippen LogP contribution in [0.25, 0.3) is 22.0 Å². The number of rotatable bonds is 4. The molecule has 4 aromatic rings. The van der Waals surface area contributed by atoms with Gasteiger partial charge in [0.15, 0.2) is 17.5 Å². The number of hydrogen-bond donors (Lipinski definition) is 2. The lowest BCUT2D eigenvalue weighted by molar-refractivity contribution is 0.415. The van der Waals surface area contributed by atoms with Gasteiger partial charge in [0.1, 0.15) is 11.6 Å². The van der Waals surface area contributed by atoms with E-state index in [4.69, 9.17) is 4.74 Å². The lowest BCUT2D eigenvalue weighted by atomic mass is 10.0. The molecule has 0 saturated heterocycles. The van der Waals surface area contributed by atoms with Crippen LogP contribution >= 0.6 is 0 Å². The van der Waals surface area contributed by atoms with Crippen LogP contribution in [0, 0.1) is 18.6 Å². The summed E-state index contributed by atoms with van der Waals surface area (Å²) in [5, 5.41) is 11.8. The molecule has 2 aromatic carbocycles. The number of anilines is 2. The number of pyridine rings is 1.